The van der Waals surface area contributed by atoms with Gasteiger partial charge in [-0.2, -0.15) is 4.62 Å². The van der Waals surface area contributed by atoms with E-state index in [-0.39, 0.29) is 57.5 Å². The molecule has 0 rings (SSSR count). The minimum atomic E-state index is -4.88. The number of nitrogens with one attached hydrogen (secondary N) is 1. The third-order valence-corrected chi connectivity index (χ3v) is 0.584. The van der Waals surface area contributed by atoms with E-state index in [9.17, 15) is 14.3 Å². The van der Waals surface area contributed by atoms with Gasteiger partial charge in [0.25, 0.3) is 7.82 Å². The standard InChI is InChI=1S/CH5N2O5P.K.H3N/c2-1(4)3-8-9(5,6)7;;/h(H3,2,3,4)(H2,5,6,7);;1H3/q;+1;/p-1. The molecule has 11 heavy (non-hydrogen) atoms. The van der Waals surface area contributed by atoms with Crippen LogP contribution in [0.4, 0.5) is 4.79 Å². The van der Waals surface area contributed by atoms with Gasteiger partial charge in [0.2, 0.25) is 0 Å². The first-order valence-electron chi connectivity index (χ1n) is 1.69. The van der Waals surface area contributed by atoms with E-state index in [0.29, 0.717) is 0 Å². The second-order valence-electron chi connectivity index (χ2n) is 1.03. The Balaban J connectivity index is -0.000000320. The van der Waals surface area contributed by atoms with Gasteiger partial charge in [-0.25, -0.2) is 10.3 Å². The summed E-state index contributed by atoms with van der Waals surface area (Å²) in [5, 5.41) is 0. The number of hydrogen-bond acceptors (Lipinski definition) is 5. The van der Waals surface area contributed by atoms with E-state index >= 15 is 0 Å². The van der Waals surface area contributed by atoms with Gasteiger partial charge >= 0.3 is 57.4 Å². The number of hydrogen-bond donors (Lipinski definition) is 4. The van der Waals surface area contributed by atoms with E-state index in [4.69, 9.17) is 4.89 Å². The number of amides is 2. The van der Waals surface area contributed by atoms with E-state index < -0.39 is 13.9 Å². The maximum atomic E-state index is 9.66. The van der Waals surface area contributed by atoms with E-state index in [2.05, 4.69) is 10.4 Å². The summed E-state index contributed by atoms with van der Waals surface area (Å²) in [7, 11) is -4.88. The molecule has 0 aliphatic heterocycles. The molecule has 0 aromatic carbocycles. The molecule has 1 unspecified atom stereocenters. The SMILES string of the molecule is N.NC(=O)NOP(=O)([O-])O.[K+]. The largest absolute Gasteiger partial charge is 1.00 e. The summed E-state index contributed by atoms with van der Waals surface area (Å²) in [4.78, 5) is 27.1. The zero-order chi connectivity index (χ0) is 7.49. The number of urea groups is 1. The van der Waals surface area contributed by atoms with Crippen LogP contribution in [0.15, 0.2) is 0 Å². The van der Waals surface area contributed by atoms with Crippen LogP contribution in [-0.4, -0.2) is 10.9 Å². The van der Waals surface area contributed by atoms with Gasteiger partial charge in [0.15, 0.2) is 0 Å². The molecule has 10 heteroatoms. The second-order valence-corrected chi connectivity index (χ2v) is 2.15. The van der Waals surface area contributed by atoms with Crippen molar-refractivity contribution in [2.75, 3.05) is 0 Å². The van der Waals surface area contributed by atoms with E-state index in [1.54, 1.807) is 0 Å². The molecule has 0 aliphatic carbocycles. The Morgan fingerprint density at radius 2 is 2.09 bits per heavy atom. The number of carbonyl (C=O) groups excluding carboxylic acids is 1. The normalized spacial score (nSPS) is 13.3. The molecular weight excluding hydrogens is 204 g/mol. The van der Waals surface area contributed by atoms with Crippen LogP contribution in [0.5, 0.6) is 0 Å². The molecule has 0 radical (unpaired) electrons. The molecule has 0 aromatic heterocycles. The maximum Gasteiger partial charge on any atom is 1.00 e. The van der Waals surface area contributed by atoms with Gasteiger partial charge in [-0.15, -0.1) is 0 Å². The number of hydroxylamine groups is 1. The Hall–Kier alpha value is 0.976. The first-order chi connectivity index (χ1) is 3.92. The topological polar surface area (TPSA) is 160 Å². The predicted octanol–water partition coefficient (Wildman–Crippen LogP) is -4.79. The second kappa shape index (κ2) is 7.62. The van der Waals surface area contributed by atoms with Crippen molar-refractivity contribution < 1.29 is 75.2 Å². The van der Waals surface area contributed by atoms with Crippen LogP contribution in [0, 0.1) is 0 Å². The van der Waals surface area contributed by atoms with Crippen molar-refractivity contribution >= 4 is 13.9 Å². The number of primary amides is 1. The van der Waals surface area contributed by atoms with Crippen LogP contribution in [0.1, 0.15) is 0 Å². The molecule has 0 aliphatic rings. The van der Waals surface area contributed by atoms with Gasteiger partial charge in [-0.05, 0) is 0 Å². The Bertz CT molecular complexity index is 156. The predicted molar refractivity (Wildman–Crippen MR) is 28.7 cm³/mol. The van der Waals surface area contributed by atoms with Gasteiger partial charge in [-0.1, -0.05) is 0 Å². The molecule has 1 atom stereocenters. The molecule has 8 nitrogen and oxygen atoms in total. The Morgan fingerprint density at radius 1 is 1.73 bits per heavy atom. The summed E-state index contributed by atoms with van der Waals surface area (Å²) < 4.78 is 12.9. The summed E-state index contributed by atoms with van der Waals surface area (Å²) >= 11 is 0. The van der Waals surface area contributed by atoms with Crippen molar-refractivity contribution in [3.63, 3.8) is 0 Å². The van der Waals surface area contributed by atoms with Gasteiger partial charge < -0.3 is 21.7 Å². The molecule has 0 spiro atoms. The fourth-order valence-corrected chi connectivity index (χ4v) is 0.308. The van der Waals surface area contributed by atoms with Gasteiger partial charge in [-0.3, -0.25) is 4.57 Å². The third-order valence-electron chi connectivity index (χ3n) is 0.262. The molecule has 0 aromatic rings. The molecule has 0 bridgehead atoms. The van der Waals surface area contributed by atoms with Crippen LogP contribution in [0.2, 0.25) is 0 Å². The first kappa shape index (κ1) is 17.9. The van der Waals surface area contributed by atoms with Crippen LogP contribution >= 0.6 is 7.82 Å². The molecule has 0 saturated heterocycles. The molecule has 0 fully saturated rings. The number of rotatable bonds is 2. The molecular formula is CH7KN3O5P. The quantitative estimate of drug-likeness (QED) is 0.204. The summed E-state index contributed by atoms with van der Waals surface area (Å²) in [6.45, 7) is 0. The van der Waals surface area contributed by atoms with Crippen molar-refractivity contribution in [3.05, 3.63) is 0 Å². The summed E-state index contributed by atoms with van der Waals surface area (Å²) in [6.07, 6.45) is 0. The van der Waals surface area contributed by atoms with Crippen molar-refractivity contribution in [2.45, 2.75) is 0 Å². The number of carbonyl (C=O) groups is 1. The maximum absolute atomic E-state index is 9.66. The Labute approximate surface area is 105 Å². The van der Waals surface area contributed by atoms with Crippen LogP contribution in [0.25, 0.3) is 0 Å². The van der Waals surface area contributed by atoms with Gasteiger partial charge in [0.05, 0.1) is 0 Å². The Morgan fingerprint density at radius 3 is 2.18 bits per heavy atom. The molecule has 0 saturated carbocycles. The summed E-state index contributed by atoms with van der Waals surface area (Å²) in [5.41, 5.74) is 5.55. The molecule has 2 amide bonds. The fraction of sp³-hybridized carbons (Fsp3) is 0. The van der Waals surface area contributed by atoms with E-state index in [1.165, 1.54) is 5.48 Å². The van der Waals surface area contributed by atoms with Crippen molar-refractivity contribution in [1.29, 1.82) is 0 Å². The van der Waals surface area contributed by atoms with Crippen LogP contribution < -0.4 is 73.6 Å². The summed E-state index contributed by atoms with van der Waals surface area (Å²) in [5.74, 6) is 0. The van der Waals surface area contributed by atoms with Crippen LogP contribution in [0.3, 0.4) is 0 Å². The average molecular weight is 211 g/mol. The molecule has 7 N–H and O–H groups in total. The summed E-state index contributed by atoms with van der Waals surface area (Å²) in [6, 6.07) is -1.21. The average Bonchev–Trinajstić information content (AvgIpc) is 1.59. The zero-order valence-electron chi connectivity index (χ0n) is 5.81. The monoisotopic (exact) mass is 211 g/mol. The van der Waals surface area contributed by atoms with E-state index in [1.807, 2.05) is 0 Å². The van der Waals surface area contributed by atoms with Crippen LogP contribution in [-0.2, 0) is 9.19 Å². The fourth-order valence-electron chi connectivity index (χ4n) is 0.103. The van der Waals surface area contributed by atoms with Crippen molar-refractivity contribution in [3.8, 4) is 0 Å². The number of phosphoric acid groups is 1. The Kier molecular flexibility index (Phi) is 12.4. The van der Waals surface area contributed by atoms with E-state index in [0.717, 1.165) is 0 Å². The number of nitrogens with two attached hydrogens (primary N) is 1. The third kappa shape index (κ3) is 18.2. The smallest absolute Gasteiger partial charge is 0.755 e. The van der Waals surface area contributed by atoms with Gasteiger partial charge in [0, 0.05) is 0 Å². The van der Waals surface area contributed by atoms with Crippen molar-refractivity contribution in [1.82, 2.24) is 11.6 Å². The van der Waals surface area contributed by atoms with Crippen molar-refractivity contribution in [2.24, 2.45) is 5.73 Å². The van der Waals surface area contributed by atoms with Gasteiger partial charge in [0.1, 0.15) is 0 Å². The molecule has 62 valence electrons. The minimum absolute atomic E-state index is 0. The minimum Gasteiger partial charge on any atom is -0.755 e. The molecule has 0 heterocycles. The first-order valence-corrected chi connectivity index (χ1v) is 3.19. The zero-order valence-corrected chi connectivity index (χ0v) is 9.83.